The lowest BCUT2D eigenvalue weighted by atomic mass is 10.1. The fraction of sp³-hybridized carbons (Fsp3) is 0.818. The Morgan fingerprint density at radius 2 is 2.53 bits per heavy atom. The molecule has 2 unspecified atom stereocenters. The third-order valence-electron chi connectivity index (χ3n) is 2.50. The van der Waals surface area contributed by atoms with Gasteiger partial charge in [0.2, 0.25) is 0 Å². The van der Waals surface area contributed by atoms with Gasteiger partial charge in [0.25, 0.3) is 0 Å². The zero-order chi connectivity index (χ0) is 10.9. The number of rotatable bonds is 7. The SMILES string of the molecule is COCC(CCO)NCC1CCC=CO1. The Hall–Kier alpha value is -0.580. The summed E-state index contributed by atoms with van der Waals surface area (Å²) in [5.41, 5.74) is 0. The Bertz CT molecular complexity index is 179. The van der Waals surface area contributed by atoms with E-state index in [2.05, 4.69) is 5.32 Å². The lowest BCUT2D eigenvalue weighted by Gasteiger charge is -2.23. The van der Waals surface area contributed by atoms with Crippen molar-refractivity contribution in [2.45, 2.75) is 31.4 Å². The number of methoxy groups -OCH3 is 1. The molecule has 4 nitrogen and oxygen atoms in total. The van der Waals surface area contributed by atoms with Crippen molar-refractivity contribution in [1.29, 1.82) is 0 Å². The summed E-state index contributed by atoms with van der Waals surface area (Å²) in [7, 11) is 1.67. The third kappa shape index (κ3) is 5.16. The molecule has 2 atom stereocenters. The highest BCUT2D eigenvalue weighted by Crippen LogP contribution is 2.09. The summed E-state index contributed by atoms with van der Waals surface area (Å²) < 4.78 is 10.5. The van der Waals surface area contributed by atoms with Crippen LogP contribution in [0.4, 0.5) is 0 Å². The summed E-state index contributed by atoms with van der Waals surface area (Å²) >= 11 is 0. The summed E-state index contributed by atoms with van der Waals surface area (Å²) in [4.78, 5) is 0. The van der Waals surface area contributed by atoms with E-state index in [9.17, 15) is 0 Å². The summed E-state index contributed by atoms with van der Waals surface area (Å²) in [5.74, 6) is 0. The fourth-order valence-corrected chi connectivity index (χ4v) is 1.63. The molecule has 88 valence electrons. The maximum Gasteiger partial charge on any atom is 0.110 e. The van der Waals surface area contributed by atoms with E-state index in [-0.39, 0.29) is 18.8 Å². The second-order valence-corrected chi connectivity index (χ2v) is 3.78. The quantitative estimate of drug-likeness (QED) is 0.655. The van der Waals surface area contributed by atoms with Gasteiger partial charge in [-0.05, 0) is 25.3 Å². The molecule has 1 heterocycles. The van der Waals surface area contributed by atoms with E-state index >= 15 is 0 Å². The molecule has 0 radical (unpaired) electrons. The second kappa shape index (κ2) is 7.68. The minimum atomic E-state index is 0.187. The molecular formula is C11H21NO3. The molecule has 0 aromatic heterocycles. The Kier molecular flexibility index (Phi) is 6.39. The topological polar surface area (TPSA) is 50.7 Å². The standard InChI is InChI=1S/C11H21NO3/c1-14-9-10(5-6-13)12-8-11-4-2-3-7-15-11/h3,7,10-13H,2,4-6,8-9H2,1H3. The number of ether oxygens (including phenoxy) is 2. The van der Waals surface area contributed by atoms with Crippen molar-refractivity contribution in [2.24, 2.45) is 0 Å². The van der Waals surface area contributed by atoms with Crippen molar-refractivity contribution >= 4 is 0 Å². The van der Waals surface area contributed by atoms with Crippen LogP contribution >= 0.6 is 0 Å². The van der Waals surface area contributed by atoms with Crippen LogP contribution in [-0.2, 0) is 9.47 Å². The van der Waals surface area contributed by atoms with Gasteiger partial charge >= 0.3 is 0 Å². The molecular weight excluding hydrogens is 194 g/mol. The Labute approximate surface area is 91.3 Å². The predicted octanol–water partition coefficient (Wildman–Crippen LogP) is 0.666. The van der Waals surface area contributed by atoms with E-state index in [4.69, 9.17) is 14.6 Å². The third-order valence-corrected chi connectivity index (χ3v) is 2.50. The number of allylic oxidation sites excluding steroid dienone is 1. The lowest BCUT2D eigenvalue weighted by molar-refractivity contribution is 0.103. The maximum absolute atomic E-state index is 8.86. The van der Waals surface area contributed by atoms with Crippen LogP contribution in [0.5, 0.6) is 0 Å². The van der Waals surface area contributed by atoms with E-state index in [0.717, 1.165) is 25.8 Å². The van der Waals surface area contributed by atoms with Gasteiger partial charge in [0.1, 0.15) is 6.10 Å². The molecule has 0 spiro atoms. The van der Waals surface area contributed by atoms with Crippen molar-refractivity contribution in [3.63, 3.8) is 0 Å². The first-order valence-electron chi connectivity index (χ1n) is 5.50. The van der Waals surface area contributed by atoms with Gasteiger partial charge in [0.05, 0.1) is 12.9 Å². The van der Waals surface area contributed by atoms with Crippen molar-refractivity contribution in [3.05, 3.63) is 12.3 Å². The van der Waals surface area contributed by atoms with E-state index < -0.39 is 0 Å². The summed E-state index contributed by atoms with van der Waals surface area (Å²) in [5, 5.41) is 12.2. The Morgan fingerprint density at radius 3 is 3.13 bits per heavy atom. The van der Waals surface area contributed by atoms with Gasteiger partial charge in [-0.1, -0.05) is 0 Å². The second-order valence-electron chi connectivity index (χ2n) is 3.78. The first-order valence-corrected chi connectivity index (χ1v) is 5.50. The molecule has 0 aliphatic carbocycles. The van der Waals surface area contributed by atoms with Gasteiger partial charge < -0.3 is 19.9 Å². The first-order chi connectivity index (χ1) is 7.36. The van der Waals surface area contributed by atoms with Crippen LogP contribution in [0.3, 0.4) is 0 Å². The Balaban J connectivity index is 2.16. The fourth-order valence-electron chi connectivity index (χ4n) is 1.63. The highest BCUT2D eigenvalue weighted by molar-refractivity contribution is 4.83. The normalized spacial score (nSPS) is 22.4. The molecule has 0 fully saturated rings. The van der Waals surface area contributed by atoms with Gasteiger partial charge in [-0.25, -0.2) is 0 Å². The highest BCUT2D eigenvalue weighted by atomic mass is 16.5. The van der Waals surface area contributed by atoms with E-state index in [1.54, 1.807) is 13.4 Å². The van der Waals surface area contributed by atoms with Gasteiger partial charge in [0, 0.05) is 26.3 Å². The predicted molar refractivity (Wildman–Crippen MR) is 58.6 cm³/mol. The number of hydrogen-bond acceptors (Lipinski definition) is 4. The van der Waals surface area contributed by atoms with Crippen molar-refractivity contribution in [1.82, 2.24) is 5.32 Å². The average Bonchev–Trinajstić information content (AvgIpc) is 2.28. The summed E-state index contributed by atoms with van der Waals surface area (Å²) in [6.07, 6.45) is 6.93. The number of aliphatic hydroxyl groups excluding tert-OH is 1. The average molecular weight is 215 g/mol. The Morgan fingerprint density at radius 1 is 1.67 bits per heavy atom. The minimum absolute atomic E-state index is 0.187. The van der Waals surface area contributed by atoms with Gasteiger partial charge in [-0.3, -0.25) is 0 Å². The molecule has 0 bridgehead atoms. The molecule has 1 aliphatic heterocycles. The number of nitrogens with one attached hydrogen (secondary N) is 1. The smallest absolute Gasteiger partial charge is 0.110 e. The molecule has 0 saturated heterocycles. The van der Waals surface area contributed by atoms with E-state index in [1.807, 2.05) is 6.08 Å². The van der Waals surface area contributed by atoms with E-state index in [0.29, 0.717) is 6.61 Å². The van der Waals surface area contributed by atoms with Crippen LogP contribution in [0.2, 0.25) is 0 Å². The van der Waals surface area contributed by atoms with Crippen LogP contribution < -0.4 is 5.32 Å². The molecule has 0 amide bonds. The highest BCUT2D eigenvalue weighted by Gasteiger charge is 2.13. The monoisotopic (exact) mass is 215 g/mol. The molecule has 0 aromatic carbocycles. The molecule has 2 N–H and O–H groups in total. The zero-order valence-electron chi connectivity index (χ0n) is 9.32. The maximum atomic E-state index is 8.86. The first kappa shape index (κ1) is 12.5. The summed E-state index contributed by atoms with van der Waals surface area (Å²) in [6.45, 7) is 1.63. The van der Waals surface area contributed by atoms with Crippen LogP contribution in [0.25, 0.3) is 0 Å². The van der Waals surface area contributed by atoms with Gasteiger partial charge in [-0.2, -0.15) is 0 Å². The van der Waals surface area contributed by atoms with Crippen molar-refractivity contribution in [2.75, 3.05) is 26.9 Å². The number of hydrogen-bond donors (Lipinski definition) is 2. The molecule has 0 aromatic rings. The molecule has 0 saturated carbocycles. The van der Waals surface area contributed by atoms with Gasteiger partial charge in [-0.15, -0.1) is 0 Å². The van der Waals surface area contributed by atoms with Crippen molar-refractivity contribution in [3.8, 4) is 0 Å². The van der Waals surface area contributed by atoms with Crippen LogP contribution in [0, 0.1) is 0 Å². The molecule has 15 heavy (non-hydrogen) atoms. The lowest BCUT2D eigenvalue weighted by Crippen LogP contribution is -2.39. The van der Waals surface area contributed by atoms with Crippen LogP contribution in [0.15, 0.2) is 12.3 Å². The largest absolute Gasteiger partial charge is 0.497 e. The molecule has 4 heteroatoms. The van der Waals surface area contributed by atoms with E-state index in [1.165, 1.54) is 0 Å². The van der Waals surface area contributed by atoms with Crippen molar-refractivity contribution < 1.29 is 14.6 Å². The minimum Gasteiger partial charge on any atom is -0.497 e. The summed E-state index contributed by atoms with van der Waals surface area (Å²) in [6, 6.07) is 0.217. The molecule has 1 aliphatic rings. The van der Waals surface area contributed by atoms with Crippen LogP contribution in [0.1, 0.15) is 19.3 Å². The zero-order valence-corrected chi connectivity index (χ0v) is 9.32. The number of aliphatic hydroxyl groups is 1. The van der Waals surface area contributed by atoms with Crippen LogP contribution in [-0.4, -0.2) is 44.1 Å². The molecule has 1 rings (SSSR count). The van der Waals surface area contributed by atoms with Gasteiger partial charge in [0.15, 0.2) is 0 Å².